The Labute approximate surface area is 123 Å². The maximum atomic E-state index is 11.9. The van der Waals surface area contributed by atoms with Crippen molar-refractivity contribution >= 4 is 29.3 Å². The summed E-state index contributed by atoms with van der Waals surface area (Å²) in [4.78, 5) is 23.5. The van der Waals surface area contributed by atoms with Crippen molar-refractivity contribution < 1.29 is 14.3 Å². The molecule has 5 nitrogen and oxygen atoms in total. The van der Waals surface area contributed by atoms with E-state index < -0.39 is 18.0 Å². The summed E-state index contributed by atoms with van der Waals surface area (Å²) in [5, 5.41) is 5.85. The molecule has 0 saturated heterocycles. The van der Waals surface area contributed by atoms with Gasteiger partial charge in [0.05, 0.1) is 7.11 Å². The Kier molecular flexibility index (Phi) is 6.31. The highest BCUT2D eigenvalue weighted by Crippen LogP contribution is 2.14. The number of methoxy groups -OCH3 is 1. The van der Waals surface area contributed by atoms with Crippen molar-refractivity contribution in [2.24, 2.45) is 5.92 Å². The molecular formula is C14H19ClN2O3. The molecule has 1 rings (SSSR count). The van der Waals surface area contributed by atoms with Crippen molar-refractivity contribution in [2.45, 2.75) is 26.3 Å². The SMILES string of the molecule is CC[C@@H](C)[C@H](NC(=O)Nc1ccc(Cl)cc1)C(=O)OC. The van der Waals surface area contributed by atoms with E-state index in [1.54, 1.807) is 24.3 Å². The molecule has 0 spiro atoms. The molecule has 0 radical (unpaired) electrons. The van der Waals surface area contributed by atoms with Crippen LogP contribution in [0, 0.1) is 5.92 Å². The first-order valence-corrected chi connectivity index (χ1v) is 6.76. The molecule has 2 amide bonds. The Bertz CT molecular complexity index is 462. The number of hydrogen-bond acceptors (Lipinski definition) is 3. The lowest BCUT2D eigenvalue weighted by atomic mass is 9.99. The Hall–Kier alpha value is -1.75. The summed E-state index contributed by atoms with van der Waals surface area (Å²) in [6.45, 7) is 3.82. The van der Waals surface area contributed by atoms with Crippen LogP contribution in [-0.4, -0.2) is 25.2 Å². The largest absolute Gasteiger partial charge is 0.467 e. The summed E-state index contributed by atoms with van der Waals surface area (Å²) in [5.74, 6) is -0.468. The number of carbonyl (C=O) groups excluding carboxylic acids is 2. The minimum absolute atomic E-state index is 0.0154. The van der Waals surface area contributed by atoms with Gasteiger partial charge in [-0.2, -0.15) is 0 Å². The molecule has 0 aliphatic heterocycles. The number of halogens is 1. The summed E-state index contributed by atoms with van der Waals surface area (Å²) in [7, 11) is 1.30. The van der Waals surface area contributed by atoms with Gasteiger partial charge in [-0.15, -0.1) is 0 Å². The van der Waals surface area contributed by atoms with E-state index in [4.69, 9.17) is 16.3 Å². The van der Waals surface area contributed by atoms with Crippen LogP contribution in [0.3, 0.4) is 0 Å². The van der Waals surface area contributed by atoms with Gasteiger partial charge in [0.15, 0.2) is 0 Å². The summed E-state index contributed by atoms with van der Waals surface area (Å²) in [6, 6.07) is 5.57. The lowest BCUT2D eigenvalue weighted by molar-refractivity contribution is -0.144. The molecule has 110 valence electrons. The Morgan fingerprint density at radius 2 is 1.90 bits per heavy atom. The zero-order valence-electron chi connectivity index (χ0n) is 11.8. The van der Waals surface area contributed by atoms with Crippen molar-refractivity contribution in [3.63, 3.8) is 0 Å². The Morgan fingerprint density at radius 3 is 2.40 bits per heavy atom. The number of ether oxygens (including phenoxy) is 1. The molecule has 2 atom stereocenters. The smallest absolute Gasteiger partial charge is 0.328 e. The molecule has 0 heterocycles. The zero-order valence-corrected chi connectivity index (χ0v) is 12.5. The average Bonchev–Trinajstić information content (AvgIpc) is 2.45. The van der Waals surface area contributed by atoms with Crippen LogP contribution in [0.1, 0.15) is 20.3 Å². The second-order valence-electron chi connectivity index (χ2n) is 4.49. The summed E-state index contributed by atoms with van der Waals surface area (Å²) in [6.07, 6.45) is 0.751. The van der Waals surface area contributed by atoms with Gasteiger partial charge in [-0.3, -0.25) is 0 Å². The van der Waals surface area contributed by atoms with Crippen LogP contribution in [0.5, 0.6) is 0 Å². The molecule has 6 heteroatoms. The topological polar surface area (TPSA) is 67.4 Å². The number of rotatable bonds is 5. The van der Waals surface area contributed by atoms with E-state index in [1.165, 1.54) is 7.11 Å². The number of urea groups is 1. The number of hydrogen-bond donors (Lipinski definition) is 2. The number of carbonyl (C=O) groups is 2. The standard InChI is InChI=1S/C14H19ClN2O3/c1-4-9(2)12(13(18)20-3)17-14(19)16-11-7-5-10(15)6-8-11/h5-9,12H,4H2,1-3H3,(H2,16,17,19)/t9-,12+/m1/s1. The Morgan fingerprint density at radius 1 is 1.30 bits per heavy atom. The van der Waals surface area contributed by atoms with Gasteiger partial charge in [0.1, 0.15) is 6.04 Å². The quantitative estimate of drug-likeness (QED) is 0.821. The third kappa shape index (κ3) is 4.74. The van der Waals surface area contributed by atoms with Crippen molar-refractivity contribution in [1.82, 2.24) is 5.32 Å². The number of amides is 2. The maximum Gasteiger partial charge on any atom is 0.328 e. The first kappa shape index (κ1) is 16.3. The van der Waals surface area contributed by atoms with Gasteiger partial charge < -0.3 is 15.4 Å². The van der Waals surface area contributed by atoms with Crippen LogP contribution >= 0.6 is 11.6 Å². The van der Waals surface area contributed by atoms with Gasteiger partial charge >= 0.3 is 12.0 Å². The fourth-order valence-electron chi connectivity index (χ4n) is 1.64. The molecule has 20 heavy (non-hydrogen) atoms. The van der Waals surface area contributed by atoms with Crippen LogP contribution in [0.2, 0.25) is 5.02 Å². The highest BCUT2D eigenvalue weighted by Gasteiger charge is 2.26. The maximum absolute atomic E-state index is 11.9. The second kappa shape index (κ2) is 7.75. The summed E-state index contributed by atoms with van der Waals surface area (Å²) < 4.78 is 4.70. The lowest BCUT2D eigenvalue weighted by Crippen LogP contribution is -2.47. The fraction of sp³-hybridized carbons (Fsp3) is 0.429. The number of esters is 1. The van der Waals surface area contributed by atoms with Crippen molar-refractivity contribution in [3.05, 3.63) is 29.3 Å². The number of anilines is 1. The Balaban J connectivity index is 2.66. The molecular weight excluding hydrogens is 280 g/mol. The predicted molar refractivity (Wildman–Crippen MR) is 78.9 cm³/mol. The average molecular weight is 299 g/mol. The normalized spacial score (nSPS) is 13.2. The van der Waals surface area contributed by atoms with Gasteiger partial charge in [0.2, 0.25) is 0 Å². The molecule has 1 aromatic carbocycles. The van der Waals surface area contributed by atoms with Crippen LogP contribution < -0.4 is 10.6 Å². The van der Waals surface area contributed by atoms with Crippen molar-refractivity contribution in [2.75, 3.05) is 12.4 Å². The zero-order chi connectivity index (χ0) is 15.1. The van der Waals surface area contributed by atoms with Crippen LogP contribution in [0.15, 0.2) is 24.3 Å². The molecule has 0 fully saturated rings. The highest BCUT2D eigenvalue weighted by molar-refractivity contribution is 6.30. The van der Waals surface area contributed by atoms with Gasteiger partial charge in [-0.1, -0.05) is 31.9 Å². The second-order valence-corrected chi connectivity index (χ2v) is 4.93. The molecule has 2 N–H and O–H groups in total. The molecule has 0 unspecified atom stereocenters. The molecule has 0 aliphatic carbocycles. The summed E-state index contributed by atoms with van der Waals surface area (Å²) in [5.41, 5.74) is 0.597. The fourth-order valence-corrected chi connectivity index (χ4v) is 1.76. The van der Waals surface area contributed by atoms with E-state index >= 15 is 0 Å². The van der Waals surface area contributed by atoms with E-state index in [0.29, 0.717) is 10.7 Å². The molecule has 0 aliphatic rings. The van der Waals surface area contributed by atoms with E-state index in [-0.39, 0.29) is 5.92 Å². The third-order valence-electron chi connectivity index (χ3n) is 3.06. The lowest BCUT2D eigenvalue weighted by Gasteiger charge is -2.22. The van der Waals surface area contributed by atoms with Gasteiger partial charge in [0.25, 0.3) is 0 Å². The minimum Gasteiger partial charge on any atom is -0.467 e. The minimum atomic E-state index is -0.669. The van der Waals surface area contributed by atoms with Crippen molar-refractivity contribution in [1.29, 1.82) is 0 Å². The van der Waals surface area contributed by atoms with Gasteiger partial charge in [0, 0.05) is 10.7 Å². The molecule has 0 aromatic heterocycles. The predicted octanol–water partition coefficient (Wildman–Crippen LogP) is 3.05. The van der Waals surface area contributed by atoms with E-state index in [1.807, 2.05) is 13.8 Å². The van der Waals surface area contributed by atoms with Gasteiger partial charge in [-0.05, 0) is 30.2 Å². The number of nitrogens with one attached hydrogen (secondary N) is 2. The van der Waals surface area contributed by atoms with Gasteiger partial charge in [-0.25, -0.2) is 9.59 Å². The monoisotopic (exact) mass is 298 g/mol. The first-order valence-electron chi connectivity index (χ1n) is 6.38. The van der Waals surface area contributed by atoms with E-state index in [9.17, 15) is 9.59 Å². The number of benzene rings is 1. The van der Waals surface area contributed by atoms with Crippen LogP contribution in [0.4, 0.5) is 10.5 Å². The van der Waals surface area contributed by atoms with Crippen LogP contribution in [0.25, 0.3) is 0 Å². The summed E-state index contributed by atoms with van der Waals surface area (Å²) >= 11 is 5.76. The highest BCUT2D eigenvalue weighted by atomic mass is 35.5. The van der Waals surface area contributed by atoms with E-state index in [0.717, 1.165) is 6.42 Å². The third-order valence-corrected chi connectivity index (χ3v) is 3.31. The molecule has 0 bridgehead atoms. The van der Waals surface area contributed by atoms with Crippen molar-refractivity contribution in [3.8, 4) is 0 Å². The van der Waals surface area contributed by atoms with Crippen LogP contribution in [-0.2, 0) is 9.53 Å². The molecule has 1 aromatic rings. The van der Waals surface area contributed by atoms with E-state index in [2.05, 4.69) is 10.6 Å². The molecule has 0 saturated carbocycles. The first-order chi connectivity index (χ1) is 9.47.